The molecule has 5 aliphatic heterocycles. The average molecular weight is 866 g/mol. The number of piperidine rings is 2. The third kappa shape index (κ3) is 21.6. The number of imide groups is 2. The summed E-state index contributed by atoms with van der Waals surface area (Å²) >= 11 is 0. The van der Waals surface area contributed by atoms with Gasteiger partial charge < -0.3 is 23.8 Å². The molecule has 19 heteroatoms. The van der Waals surface area contributed by atoms with Crippen LogP contribution in [0.3, 0.4) is 0 Å². The fraction of sp³-hybridized carbons (Fsp3) is 0.512. The molecule has 0 aliphatic carbocycles. The second kappa shape index (κ2) is 28.9. The maximum absolute atomic E-state index is 10.7. The summed E-state index contributed by atoms with van der Waals surface area (Å²) in [5.41, 5.74) is 0.0168. The van der Waals surface area contributed by atoms with Gasteiger partial charge in [-0.15, -0.1) is 0 Å². The molecule has 19 nitrogen and oxygen atoms in total. The van der Waals surface area contributed by atoms with Gasteiger partial charge in [-0.25, -0.2) is 4.68 Å². The molecule has 5 saturated heterocycles. The number of aryl methyl sites for hydroxylation is 3. The van der Waals surface area contributed by atoms with Gasteiger partial charge in [0, 0.05) is 170 Å². The molecule has 0 aromatic carbocycles. The van der Waals surface area contributed by atoms with E-state index in [4.69, 9.17) is 0 Å². The Labute approximate surface area is 362 Å². The fourth-order valence-electron chi connectivity index (χ4n) is 5.13. The first kappa shape index (κ1) is 53.5. The molecule has 62 heavy (non-hydrogen) atoms. The Morgan fingerprint density at radius 3 is 1.13 bits per heavy atom. The van der Waals surface area contributed by atoms with E-state index in [1.807, 2.05) is 38.8 Å². The number of hydrogen-bond acceptors (Lipinski definition) is 11. The van der Waals surface area contributed by atoms with Gasteiger partial charge >= 0.3 is 0 Å². The molecule has 0 unspecified atom stereocenters. The largest absolute Gasteiger partial charge is 0.357 e. The molecule has 3 aromatic heterocycles. The van der Waals surface area contributed by atoms with E-state index < -0.39 is 0 Å². The quantitative estimate of drug-likeness (QED) is 0.231. The molecule has 8 rings (SSSR count). The molecule has 8 heterocycles. The summed E-state index contributed by atoms with van der Waals surface area (Å²) < 4.78 is 4.63. The highest BCUT2D eigenvalue weighted by Gasteiger charge is 2.24. The Morgan fingerprint density at radius 1 is 0.403 bits per heavy atom. The first-order valence-electron chi connectivity index (χ1n) is 20.3. The molecule has 0 radical (unpaired) electrons. The minimum Gasteiger partial charge on any atom is -0.357 e. The van der Waals surface area contributed by atoms with E-state index in [-0.39, 0.29) is 46.1 Å². The molecule has 7 amide bonds. The zero-order chi connectivity index (χ0) is 46.8. The highest BCUT2D eigenvalue weighted by atomic mass is 16.2. The highest BCUT2D eigenvalue weighted by molar-refractivity contribution is 6.01. The average Bonchev–Trinajstić information content (AvgIpc) is 3.78. The van der Waals surface area contributed by atoms with Gasteiger partial charge in [-0.3, -0.25) is 57.7 Å². The summed E-state index contributed by atoms with van der Waals surface area (Å²) in [6, 6.07) is 11.2. The summed E-state index contributed by atoms with van der Waals surface area (Å²) in [5.74, 6) is 0.647. The Hall–Kier alpha value is -6.53. The molecule has 0 spiro atoms. The standard InChI is InChI=1S/C6H9NO2.C6H7NO.C6H11NO.C6H7NO.C5H6N2O.C5H7NO2.C5H9NO.C4H7NO/c1-7-5(8)3-2-4-6(7)9;1-7-4-2-6(8)3-5-7;2*1-7-5-3-2-4-6(7)8;1-7-5(8)3-2-4-6-7;1-6-4(7)2-3-5(6)8;1-6-4-2-3-5(6)7;1-5-3-2-4(5)6/h2-4H2,1H3;2-5H,1H3;2-5H2,1H3;2-5H,1H3;2-4H,1H3;2-3H2,1H3;2-4H2,1H3;2-3H2,1H3. The van der Waals surface area contributed by atoms with E-state index in [2.05, 4.69) is 5.10 Å². The molecule has 340 valence electrons. The summed E-state index contributed by atoms with van der Waals surface area (Å²) in [7, 11) is 13.8. The maximum atomic E-state index is 10.7. The van der Waals surface area contributed by atoms with Crippen molar-refractivity contribution in [3.8, 4) is 0 Å². The van der Waals surface area contributed by atoms with E-state index in [9.17, 15) is 47.9 Å². The number of carbonyl (C=O) groups excluding carboxylic acids is 7. The van der Waals surface area contributed by atoms with Gasteiger partial charge in [0.15, 0.2) is 5.43 Å². The zero-order valence-corrected chi connectivity index (χ0v) is 37.4. The predicted octanol–water partition coefficient (Wildman–Crippen LogP) is 1.19. The van der Waals surface area contributed by atoms with E-state index >= 15 is 0 Å². The lowest BCUT2D eigenvalue weighted by molar-refractivity contribution is -0.146. The number of β-lactam (4-membered cyclic amide) rings is 1. The molecule has 0 saturated carbocycles. The van der Waals surface area contributed by atoms with Crippen LogP contribution >= 0.6 is 0 Å². The van der Waals surface area contributed by atoms with Crippen molar-refractivity contribution in [3.63, 3.8) is 0 Å². The number of carbonyl (C=O) groups is 7. The second-order valence-electron chi connectivity index (χ2n) is 14.6. The lowest BCUT2D eigenvalue weighted by atomic mass is 10.1. The predicted molar refractivity (Wildman–Crippen MR) is 232 cm³/mol. The minimum absolute atomic E-state index is 0.0347. The van der Waals surface area contributed by atoms with Crippen molar-refractivity contribution in [2.24, 2.45) is 21.1 Å². The van der Waals surface area contributed by atoms with Crippen molar-refractivity contribution < 1.29 is 33.6 Å². The molecule has 5 aliphatic rings. The Bertz CT molecular complexity index is 2010. The molecule has 0 N–H and O–H groups in total. The van der Waals surface area contributed by atoms with Crippen LogP contribution in [0.25, 0.3) is 0 Å². The van der Waals surface area contributed by atoms with E-state index in [0.717, 1.165) is 58.2 Å². The molecule has 5 fully saturated rings. The van der Waals surface area contributed by atoms with E-state index in [1.54, 1.807) is 65.7 Å². The summed E-state index contributed by atoms with van der Waals surface area (Å²) in [6.07, 6.45) is 14.9. The molecule has 0 bridgehead atoms. The third-order valence-electron chi connectivity index (χ3n) is 9.63. The van der Waals surface area contributed by atoms with Gasteiger partial charge in [-0.2, -0.15) is 5.10 Å². The Morgan fingerprint density at radius 2 is 0.855 bits per heavy atom. The normalized spacial score (nSPS) is 16.4. The summed E-state index contributed by atoms with van der Waals surface area (Å²) in [4.78, 5) is 113. The molecule has 3 aromatic rings. The van der Waals surface area contributed by atoms with E-state index in [1.165, 1.54) is 63.8 Å². The second-order valence-corrected chi connectivity index (χ2v) is 14.6. The van der Waals surface area contributed by atoms with Crippen molar-refractivity contribution in [2.45, 2.75) is 70.6 Å². The van der Waals surface area contributed by atoms with Crippen molar-refractivity contribution in [1.82, 2.24) is 43.4 Å². The summed E-state index contributed by atoms with van der Waals surface area (Å²) in [5, 5.41) is 3.68. The number of hydrogen-bond donors (Lipinski definition) is 0. The number of rotatable bonds is 0. The van der Waals surface area contributed by atoms with Crippen molar-refractivity contribution in [3.05, 3.63) is 98.2 Å². The van der Waals surface area contributed by atoms with E-state index in [0.29, 0.717) is 37.5 Å². The monoisotopic (exact) mass is 865 g/mol. The van der Waals surface area contributed by atoms with Crippen molar-refractivity contribution in [2.75, 3.05) is 54.9 Å². The minimum atomic E-state index is -0.0764. The summed E-state index contributed by atoms with van der Waals surface area (Å²) in [6.45, 7) is 2.87. The number of likely N-dealkylation sites (tertiary alicyclic amines) is 5. The van der Waals surface area contributed by atoms with Crippen molar-refractivity contribution >= 4 is 41.4 Å². The maximum Gasteiger partial charge on any atom is 0.266 e. The van der Waals surface area contributed by atoms with Crippen LogP contribution in [0.15, 0.2) is 81.6 Å². The van der Waals surface area contributed by atoms with Gasteiger partial charge in [0.05, 0.1) is 0 Å². The van der Waals surface area contributed by atoms with Crippen LogP contribution < -0.4 is 16.5 Å². The zero-order valence-electron chi connectivity index (χ0n) is 37.4. The first-order chi connectivity index (χ1) is 29.2. The van der Waals surface area contributed by atoms with Gasteiger partial charge in [0.25, 0.3) is 5.56 Å². The van der Waals surface area contributed by atoms with Crippen LogP contribution in [0.2, 0.25) is 0 Å². The van der Waals surface area contributed by atoms with Crippen LogP contribution in [0.4, 0.5) is 0 Å². The highest BCUT2D eigenvalue weighted by Crippen LogP contribution is 2.09. The lowest BCUT2D eigenvalue weighted by Crippen LogP contribution is -2.39. The van der Waals surface area contributed by atoms with Gasteiger partial charge in [-0.05, 0) is 37.8 Å². The molecular weight excluding hydrogens is 803 g/mol. The molecular formula is C43H63N9O10. The number of aromatic nitrogens is 4. The van der Waals surface area contributed by atoms with Crippen LogP contribution in [0, 0.1) is 0 Å². The number of nitrogens with zero attached hydrogens (tertiary/aromatic N) is 9. The van der Waals surface area contributed by atoms with Crippen LogP contribution in [-0.4, -0.2) is 140 Å². The number of amides is 7. The smallest absolute Gasteiger partial charge is 0.266 e. The third-order valence-corrected chi connectivity index (χ3v) is 9.63. The van der Waals surface area contributed by atoms with Crippen LogP contribution in [0.5, 0.6) is 0 Å². The first-order valence-corrected chi connectivity index (χ1v) is 20.3. The fourth-order valence-corrected chi connectivity index (χ4v) is 5.13. The Balaban J connectivity index is 0.000000355. The van der Waals surface area contributed by atoms with Crippen LogP contribution in [-0.2, 0) is 54.7 Å². The topological polar surface area (TPSA) is 215 Å². The Kier molecular flexibility index (Phi) is 24.9. The number of pyridine rings is 2. The SMILES string of the molecule is CN1C(=O)CCC1=O.CN1C(=O)CCCC1=O.CN1CCC1=O.CN1CCCC1=O.CN1CCCCC1=O.Cn1ccc(=O)cc1.Cn1ccccc1=O.Cn1ncccc1=O. The van der Waals surface area contributed by atoms with Gasteiger partial charge in [-0.1, -0.05) is 6.07 Å². The molecule has 0 atom stereocenters. The van der Waals surface area contributed by atoms with Gasteiger partial charge in [0.2, 0.25) is 46.9 Å². The van der Waals surface area contributed by atoms with Crippen molar-refractivity contribution in [1.29, 1.82) is 0 Å². The van der Waals surface area contributed by atoms with Crippen LogP contribution in [0.1, 0.15) is 70.6 Å². The van der Waals surface area contributed by atoms with Gasteiger partial charge in [0.1, 0.15) is 0 Å². The lowest BCUT2D eigenvalue weighted by Gasteiger charge is -2.24.